The fourth-order valence-corrected chi connectivity index (χ4v) is 2.97. The predicted octanol–water partition coefficient (Wildman–Crippen LogP) is 3.51. The molecule has 4 nitrogen and oxygen atoms in total. The molecule has 0 aliphatic rings. The van der Waals surface area contributed by atoms with Gasteiger partial charge in [0.15, 0.2) is 0 Å². The zero-order valence-electron chi connectivity index (χ0n) is 11.7. The average molecular weight is 419 g/mol. The zero-order valence-corrected chi connectivity index (χ0v) is 14.6. The number of hydrogen-bond donors (Lipinski definition) is 2. The Bertz CT molecular complexity index is 637. The second-order valence-corrected chi connectivity index (χ2v) is 5.97. The van der Waals surface area contributed by atoms with Crippen LogP contribution in [0, 0.1) is 3.57 Å². The van der Waals surface area contributed by atoms with Gasteiger partial charge in [-0.3, -0.25) is 5.84 Å². The van der Waals surface area contributed by atoms with Gasteiger partial charge in [0.05, 0.1) is 20.3 Å². The number of methoxy groups -OCH3 is 2. The minimum atomic E-state index is -0.226. The summed E-state index contributed by atoms with van der Waals surface area (Å²) < 4.78 is 11.7. The maximum absolute atomic E-state index is 6.10. The lowest BCUT2D eigenvalue weighted by molar-refractivity contribution is 0.387. The molecule has 1 atom stereocenters. The highest BCUT2D eigenvalue weighted by Gasteiger charge is 2.20. The number of nitrogens with one attached hydrogen (secondary N) is 1. The Morgan fingerprint density at radius 3 is 2.48 bits per heavy atom. The normalized spacial score (nSPS) is 12.0. The molecule has 0 spiro atoms. The number of benzene rings is 2. The summed E-state index contributed by atoms with van der Waals surface area (Å²) >= 11 is 8.36. The van der Waals surface area contributed by atoms with Crippen LogP contribution >= 0.6 is 34.2 Å². The summed E-state index contributed by atoms with van der Waals surface area (Å²) in [6.45, 7) is 0. The lowest BCUT2D eigenvalue weighted by Crippen LogP contribution is -2.29. The van der Waals surface area contributed by atoms with Gasteiger partial charge < -0.3 is 9.47 Å². The van der Waals surface area contributed by atoms with Gasteiger partial charge in [-0.25, -0.2) is 5.43 Å². The fraction of sp³-hybridized carbons (Fsp3) is 0.200. The number of ether oxygens (including phenoxy) is 2. The van der Waals surface area contributed by atoms with Crippen molar-refractivity contribution in [3.8, 4) is 11.5 Å². The molecule has 2 aromatic carbocycles. The van der Waals surface area contributed by atoms with Crippen molar-refractivity contribution < 1.29 is 9.47 Å². The minimum Gasteiger partial charge on any atom is -0.497 e. The Morgan fingerprint density at radius 1 is 1.10 bits per heavy atom. The van der Waals surface area contributed by atoms with Crippen LogP contribution in [0.2, 0.25) is 5.02 Å². The smallest absolute Gasteiger partial charge is 0.127 e. The fourth-order valence-electron chi connectivity index (χ4n) is 2.14. The molecule has 6 heteroatoms. The molecule has 0 aliphatic heterocycles. The highest BCUT2D eigenvalue weighted by atomic mass is 127. The summed E-state index contributed by atoms with van der Waals surface area (Å²) in [6, 6.07) is 11.1. The van der Waals surface area contributed by atoms with Crippen molar-refractivity contribution >= 4 is 34.2 Å². The Balaban J connectivity index is 2.53. The van der Waals surface area contributed by atoms with Crippen molar-refractivity contribution in [3.05, 3.63) is 56.1 Å². The van der Waals surface area contributed by atoms with E-state index in [0.29, 0.717) is 10.8 Å². The molecule has 0 radical (unpaired) electrons. The summed E-state index contributed by atoms with van der Waals surface area (Å²) in [5.41, 5.74) is 4.74. The first-order valence-electron chi connectivity index (χ1n) is 6.23. The standard InChI is InChI=1S/C15H16ClIN2O2/c1-20-10-4-5-11(14(8-10)21-2)15(19-18)12-7-9(16)3-6-13(12)17/h3-8,15,19H,18H2,1-2H3. The van der Waals surface area contributed by atoms with Crippen LogP contribution in [-0.2, 0) is 0 Å². The maximum Gasteiger partial charge on any atom is 0.127 e. The number of hydrogen-bond acceptors (Lipinski definition) is 4. The molecule has 0 bridgehead atoms. The molecule has 112 valence electrons. The topological polar surface area (TPSA) is 56.5 Å². The van der Waals surface area contributed by atoms with Crippen molar-refractivity contribution in [1.29, 1.82) is 0 Å². The molecular formula is C15H16ClIN2O2. The van der Waals surface area contributed by atoms with Gasteiger partial charge >= 0.3 is 0 Å². The number of rotatable bonds is 5. The van der Waals surface area contributed by atoms with E-state index in [4.69, 9.17) is 26.9 Å². The van der Waals surface area contributed by atoms with Gasteiger partial charge in [-0.05, 0) is 58.5 Å². The highest BCUT2D eigenvalue weighted by Crippen LogP contribution is 2.35. The van der Waals surface area contributed by atoms with Crippen LogP contribution in [0.1, 0.15) is 17.2 Å². The Kier molecular flexibility index (Phi) is 5.69. The van der Waals surface area contributed by atoms with Gasteiger partial charge in [0, 0.05) is 20.2 Å². The second kappa shape index (κ2) is 7.31. The van der Waals surface area contributed by atoms with E-state index in [0.717, 1.165) is 20.4 Å². The van der Waals surface area contributed by atoms with E-state index in [2.05, 4.69) is 28.0 Å². The summed E-state index contributed by atoms with van der Waals surface area (Å²) in [5, 5.41) is 0.665. The maximum atomic E-state index is 6.10. The number of halogens is 2. The van der Waals surface area contributed by atoms with Gasteiger partial charge in [0.25, 0.3) is 0 Å². The SMILES string of the molecule is COc1ccc(C(NN)c2cc(Cl)ccc2I)c(OC)c1. The van der Waals surface area contributed by atoms with E-state index in [1.807, 2.05) is 36.4 Å². The van der Waals surface area contributed by atoms with Crippen molar-refractivity contribution in [2.45, 2.75) is 6.04 Å². The van der Waals surface area contributed by atoms with E-state index in [-0.39, 0.29) is 6.04 Å². The molecule has 2 rings (SSSR count). The monoisotopic (exact) mass is 418 g/mol. The molecule has 0 aromatic heterocycles. The van der Waals surface area contributed by atoms with Crippen LogP contribution in [-0.4, -0.2) is 14.2 Å². The zero-order chi connectivity index (χ0) is 15.4. The number of nitrogens with two attached hydrogens (primary N) is 1. The van der Waals surface area contributed by atoms with Crippen molar-refractivity contribution in [3.63, 3.8) is 0 Å². The van der Waals surface area contributed by atoms with Gasteiger partial charge in [-0.2, -0.15) is 0 Å². The van der Waals surface area contributed by atoms with Crippen molar-refractivity contribution in [2.75, 3.05) is 14.2 Å². The highest BCUT2D eigenvalue weighted by molar-refractivity contribution is 14.1. The first kappa shape index (κ1) is 16.4. The largest absolute Gasteiger partial charge is 0.497 e. The van der Waals surface area contributed by atoms with Crippen molar-refractivity contribution in [1.82, 2.24) is 5.43 Å². The van der Waals surface area contributed by atoms with Gasteiger partial charge in [-0.1, -0.05) is 11.6 Å². The third-order valence-corrected chi connectivity index (χ3v) is 4.40. The van der Waals surface area contributed by atoms with Crippen LogP contribution < -0.4 is 20.7 Å². The van der Waals surface area contributed by atoms with Crippen LogP contribution in [0.5, 0.6) is 11.5 Å². The minimum absolute atomic E-state index is 0.226. The van der Waals surface area contributed by atoms with Gasteiger partial charge in [0.2, 0.25) is 0 Å². The van der Waals surface area contributed by atoms with E-state index in [9.17, 15) is 0 Å². The molecule has 2 aromatic rings. The number of hydrazine groups is 1. The molecule has 3 N–H and O–H groups in total. The molecule has 21 heavy (non-hydrogen) atoms. The summed E-state index contributed by atoms with van der Waals surface area (Å²) in [4.78, 5) is 0. The van der Waals surface area contributed by atoms with Crippen LogP contribution in [0.15, 0.2) is 36.4 Å². The molecule has 0 saturated carbocycles. The van der Waals surface area contributed by atoms with E-state index in [1.165, 1.54) is 0 Å². The second-order valence-electron chi connectivity index (χ2n) is 4.37. The predicted molar refractivity (Wildman–Crippen MR) is 92.9 cm³/mol. The first-order chi connectivity index (χ1) is 10.1. The molecule has 0 saturated heterocycles. The Morgan fingerprint density at radius 2 is 1.86 bits per heavy atom. The quantitative estimate of drug-likeness (QED) is 0.443. The van der Waals surface area contributed by atoms with Crippen molar-refractivity contribution in [2.24, 2.45) is 5.84 Å². The van der Waals surface area contributed by atoms with Gasteiger partial charge in [0.1, 0.15) is 11.5 Å². The average Bonchev–Trinajstić information content (AvgIpc) is 2.51. The van der Waals surface area contributed by atoms with E-state index >= 15 is 0 Å². The Hall–Kier alpha value is -1.02. The first-order valence-corrected chi connectivity index (χ1v) is 7.69. The summed E-state index contributed by atoms with van der Waals surface area (Å²) in [5.74, 6) is 7.20. The van der Waals surface area contributed by atoms with E-state index < -0.39 is 0 Å². The lowest BCUT2D eigenvalue weighted by Gasteiger charge is -2.21. The Labute approximate surface area is 142 Å². The lowest BCUT2D eigenvalue weighted by atomic mass is 9.98. The third-order valence-electron chi connectivity index (χ3n) is 3.19. The molecule has 0 amide bonds. The third kappa shape index (κ3) is 3.60. The molecule has 0 fully saturated rings. The molecule has 0 heterocycles. The molecule has 1 unspecified atom stereocenters. The molecule has 0 aliphatic carbocycles. The van der Waals surface area contributed by atoms with Crippen LogP contribution in [0.25, 0.3) is 0 Å². The van der Waals surface area contributed by atoms with Crippen LogP contribution in [0.4, 0.5) is 0 Å². The van der Waals surface area contributed by atoms with Gasteiger partial charge in [-0.15, -0.1) is 0 Å². The summed E-state index contributed by atoms with van der Waals surface area (Å²) in [6.07, 6.45) is 0. The molecular weight excluding hydrogens is 403 g/mol. The van der Waals surface area contributed by atoms with E-state index in [1.54, 1.807) is 14.2 Å². The summed E-state index contributed by atoms with van der Waals surface area (Å²) in [7, 11) is 3.24. The van der Waals surface area contributed by atoms with Crippen LogP contribution in [0.3, 0.4) is 0 Å².